The average Bonchev–Trinajstić information content (AvgIpc) is 3.40. The second kappa shape index (κ2) is 7.01. The Kier molecular flexibility index (Phi) is 4.25. The number of ketones is 2. The quantitative estimate of drug-likeness (QED) is 0.433. The van der Waals surface area contributed by atoms with E-state index in [1.54, 1.807) is 24.3 Å². The highest BCUT2D eigenvalue weighted by atomic mass is 19.1. The van der Waals surface area contributed by atoms with Crippen LogP contribution in [0.25, 0.3) is 0 Å². The van der Waals surface area contributed by atoms with Gasteiger partial charge in [-0.2, -0.15) is 0 Å². The molecule has 0 bridgehead atoms. The van der Waals surface area contributed by atoms with Crippen LogP contribution in [0.15, 0.2) is 72.8 Å². The summed E-state index contributed by atoms with van der Waals surface area (Å²) in [5.74, 6) is -6.11. The van der Waals surface area contributed by atoms with E-state index in [9.17, 15) is 23.6 Å². The van der Waals surface area contributed by atoms with Gasteiger partial charge in [0, 0.05) is 11.1 Å². The third kappa shape index (κ3) is 2.47. The zero-order valence-electron chi connectivity index (χ0n) is 18.0. The minimum atomic E-state index is -2.17. The fraction of sp³-hybridized carbons (Fsp3) is 0.185. The lowest BCUT2D eigenvalue weighted by molar-refractivity contribution is -0.127. The van der Waals surface area contributed by atoms with Crippen LogP contribution in [0.5, 0.6) is 0 Å². The standard InChI is InChI=1S/C27H18FNO5/c1-14-10-12-15(13-11-14)22-20-21(26(33)29(25(20)32)19-9-5-4-8-18(19)28)27(34-22)23(30)16-6-2-3-7-17(16)24(27)31/h2-13,20-22H,1H3/t20-,21+,22+/m1/s1. The van der Waals surface area contributed by atoms with Crippen molar-refractivity contribution in [3.63, 3.8) is 0 Å². The van der Waals surface area contributed by atoms with Crippen LogP contribution in [-0.4, -0.2) is 29.0 Å². The fourth-order valence-electron chi connectivity index (χ4n) is 5.44. The normalized spacial score (nSPS) is 24.8. The Hall–Kier alpha value is -3.97. The molecular weight excluding hydrogens is 437 g/mol. The van der Waals surface area contributed by atoms with Crippen LogP contribution < -0.4 is 4.90 Å². The maximum atomic E-state index is 14.7. The molecule has 0 saturated carbocycles. The summed E-state index contributed by atoms with van der Waals surface area (Å²) < 4.78 is 20.9. The van der Waals surface area contributed by atoms with Gasteiger partial charge in [0.15, 0.2) is 0 Å². The minimum absolute atomic E-state index is 0.153. The van der Waals surface area contributed by atoms with Gasteiger partial charge in [-0.3, -0.25) is 19.2 Å². The molecule has 0 unspecified atom stereocenters. The Morgan fingerprint density at radius 2 is 1.38 bits per heavy atom. The Morgan fingerprint density at radius 1 is 0.794 bits per heavy atom. The number of carbonyl (C=O) groups is 4. The summed E-state index contributed by atoms with van der Waals surface area (Å²) in [6, 6.07) is 18.8. The molecule has 168 valence electrons. The molecule has 0 N–H and O–H groups in total. The summed E-state index contributed by atoms with van der Waals surface area (Å²) in [6.45, 7) is 1.90. The predicted octanol–water partition coefficient (Wildman–Crippen LogP) is 3.83. The van der Waals surface area contributed by atoms with Crippen molar-refractivity contribution in [2.45, 2.75) is 18.6 Å². The van der Waals surface area contributed by atoms with Gasteiger partial charge in [-0.15, -0.1) is 0 Å². The molecule has 1 aliphatic carbocycles. The van der Waals surface area contributed by atoms with Crippen molar-refractivity contribution in [3.8, 4) is 0 Å². The Morgan fingerprint density at radius 3 is 2.00 bits per heavy atom. The number of hydrogen-bond donors (Lipinski definition) is 0. The third-order valence-electron chi connectivity index (χ3n) is 7.02. The van der Waals surface area contributed by atoms with Crippen LogP contribution in [0.2, 0.25) is 0 Å². The van der Waals surface area contributed by atoms with Gasteiger partial charge in [-0.05, 0) is 24.6 Å². The van der Waals surface area contributed by atoms with Crippen LogP contribution in [0.3, 0.4) is 0 Å². The number of carbonyl (C=O) groups excluding carboxylic acids is 4. The number of benzene rings is 3. The lowest BCUT2D eigenvalue weighted by atomic mass is 9.77. The average molecular weight is 455 g/mol. The molecule has 6 rings (SSSR count). The van der Waals surface area contributed by atoms with Crippen LogP contribution in [-0.2, 0) is 14.3 Å². The zero-order chi connectivity index (χ0) is 23.8. The Bertz CT molecular complexity index is 1380. The molecule has 3 atom stereocenters. The van der Waals surface area contributed by atoms with E-state index in [0.717, 1.165) is 16.5 Å². The SMILES string of the molecule is Cc1ccc([C@@H]2OC3(C(=O)c4ccccc4C3=O)[C@@H]3C(=O)N(c4ccccc4F)C(=O)[C@H]32)cc1. The van der Waals surface area contributed by atoms with Crippen molar-refractivity contribution in [1.82, 2.24) is 0 Å². The Labute approximate surface area is 193 Å². The van der Waals surface area contributed by atoms with Gasteiger partial charge in [-0.25, -0.2) is 9.29 Å². The van der Waals surface area contributed by atoms with E-state index in [0.29, 0.717) is 5.56 Å². The second-order valence-corrected chi connectivity index (χ2v) is 8.86. The first kappa shape index (κ1) is 20.6. The summed E-state index contributed by atoms with van der Waals surface area (Å²) in [5, 5.41) is 0. The molecule has 2 saturated heterocycles. The predicted molar refractivity (Wildman–Crippen MR) is 119 cm³/mol. The molecule has 7 heteroatoms. The van der Waals surface area contributed by atoms with E-state index in [2.05, 4.69) is 0 Å². The van der Waals surface area contributed by atoms with E-state index >= 15 is 0 Å². The Balaban J connectivity index is 1.56. The molecule has 3 aromatic rings. The van der Waals surface area contributed by atoms with Crippen molar-refractivity contribution in [3.05, 3.63) is 101 Å². The molecule has 2 fully saturated rings. The number of hydrogen-bond acceptors (Lipinski definition) is 5. The third-order valence-corrected chi connectivity index (χ3v) is 7.02. The maximum Gasteiger partial charge on any atom is 0.241 e. The second-order valence-electron chi connectivity index (χ2n) is 8.86. The van der Waals surface area contributed by atoms with Crippen LogP contribution in [0.1, 0.15) is 37.9 Å². The molecule has 3 aliphatic rings. The number of fused-ring (bicyclic) bond motifs is 3. The van der Waals surface area contributed by atoms with Gasteiger partial charge in [0.05, 0.1) is 23.6 Å². The van der Waals surface area contributed by atoms with Crippen LogP contribution in [0.4, 0.5) is 10.1 Å². The number of rotatable bonds is 2. The van der Waals surface area contributed by atoms with Crippen molar-refractivity contribution >= 4 is 29.1 Å². The minimum Gasteiger partial charge on any atom is -0.349 e. The van der Waals surface area contributed by atoms with Gasteiger partial charge in [0.2, 0.25) is 29.0 Å². The monoisotopic (exact) mass is 455 g/mol. The highest BCUT2D eigenvalue weighted by Crippen LogP contribution is 2.57. The number of aryl methyl sites for hydroxylation is 1. The summed E-state index contributed by atoms with van der Waals surface area (Å²) in [4.78, 5) is 55.5. The van der Waals surface area contributed by atoms with E-state index in [1.807, 2.05) is 19.1 Å². The summed E-state index contributed by atoms with van der Waals surface area (Å²) in [6.07, 6.45) is -1.03. The molecule has 2 aliphatic heterocycles. The first-order chi connectivity index (χ1) is 16.4. The number of anilines is 1. The van der Waals surface area contributed by atoms with Gasteiger partial charge >= 0.3 is 0 Å². The van der Waals surface area contributed by atoms with Crippen molar-refractivity contribution in [2.75, 3.05) is 4.90 Å². The molecule has 2 heterocycles. The number of Topliss-reactive ketones (excluding diaryl/α,β-unsaturated/α-hetero) is 2. The van der Waals surface area contributed by atoms with Crippen LogP contribution in [0, 0.1) is 24.6 Å². The molecule has 2 amide bonds. The molecule has 1 spiro atoms. The molecule has 3 aromatic carbocycles. The number of para-hydroxylation sites is 1. The number of amides is 2. The summed E-state index contributed by atoms with van der Waals surface area (Å²) in [5.41, 5.74) is -0.543. The van der Waals surface area contributed by atoms with E-state index in [-0.39, 0.29) is 16.8 Å². The van der Waals surface area contributed by atoms with Gasteiger partial charge < -0.3 is 4.74 Å². The van der Waals surface area contributed by atoms with Gasteiger partial charge in [0.1, 0.15) is 5.82 Å². The molecule has 6 nitrogen and oxygen atoms in total. The number of nitrogens with zero attached hydrogens (tertiary/aromatic N) is 1. The van der Waals surface area contributed by atoms with E-state index < -0.39 is 52.7 Å². The summed E-state index contributed by atoms with van der Waals surface area (Å²) >= 11 is 0. The number of ether oxygens (including phenoxy) is 1. The smallest absolute Gasteiger partial charge is 0.241 e. The van der Waals surface area contributed by atoms with Crippen molar-refractivity contribution < 1.29 is 28.3 Å². The topological polar surface area (TPSA) is 80.8 Å². The maximum absolute atomic E-state index is 14.7. The van der Waals surface area contributed by atoms with E-state index in [4.69, 9.17) is 4.74 Å². The molecular formula is C27H18FNO5. The fourth-order valence-corrected chi connectivity index (χ4v) is 5.44. The number of imide groups is 1. The number of halogens is 1. The van der Waals surface area contributed by atoms with E-state index in [1.165, 1.54) is 30.3 Å². The summed E-state index contributed by atoms with van der Waals surface area (Å²) in [7, 11) is 0. The highest BCUT2D eigenvalue weighted by Gasteiger charge is 2.74. The molecule has 34 heavy (non-hydrogen) atoms. The first-order valence-electron chi connectivity index (χ1n) is 10.9. The zero-order valence-corrected chi connectivity index (χ0v) is 18.0. The van der Waals surface area contributed by atoms with Crippen molar-refractivity contribution in [1.29, 1.82) is 0 Å². The lowest BCUT2D eigenvalue weighted by Crippen LogP contribution is -2.51. The molecule has 0 aromatic heterocycles. The van der Waals surface area contributed by atoms with Crippen LogP contribution >= 0.6 is 0 Å². The van der Waals surface area contributed by atoms with Crippen molar-refractivity contribution in [2.24, 2.45) is 11.8 Å². The first-order valence-corrected chi connectivity index (χ1v) is 10.9. The highest BCUT2D eigenvalue weighted by molar-refractivity contribution is 6.37. The van der Waals surface area contributed by atoms with Gasteiger partial charge in [0.25, 0.3) is 0 Å². The van der Waals surface area contributed by atoms with Gasteiger partial charge in [-0.1, -0.05) is 66.2 Å². The lowest BCUT2D eigenvalue weighted by Gasteiger charge is -2.27. The largest absolute Gasteiger partial charge is 0.349 e. The molecule has 0 radical (unpaired) electrons.